The van der Waals surface area contributed by atoms with Crippen molar-refractivity contribution in [2.75, 3.05) is 6.61 Å². The first-order chi connectivity index (χ1) is 7.56. The number of aromatic nitrogens is 1. The van der Waals surface area contributed by atoms with Crippen LogP contribution < -0.4 is 5.56 Å². The number of aromatic hydroxyl groups is 1. The van der Waals surface area contributed by atoms with Crippen molar-refractivity contribution in [2.45, 2.75) is 26.3 Å². The highest BCUT2D eigenvalue weighted by Gasteiger charge is 2.17. The van der Waals surface area contributed by atoms with Crippen LogP contribution in [0, 0.1) is 18.3 Å². The van der Waals surface area contributed by atoms with E-state index in [4.69, 9.17) is 10.4 Å². The minimum Gasteiger partial charge on any atom is -0.493 e. The molecule has 1 atom stereocenters. The number of rotatable bonds is 3. The van der Waals surface area contributed by atoms with Gasteiger partial charge in [0.25, 0.3) is 5.56 Å². The summed E-state index contributed by atoms with van der Waals surface area (Å²) in [6, 6.07) is 2.63. The van der Waals surface area contributed by atoms with Crippen LogP contribution in [-0.2, 0) is 0 Å². The zero-order valence-corrected chi connectivity index (χ0v) is 9.27. The van der Waals surface area contributed by atoms with Crippen LogP contribution in [0.5, 0.6) is 5.88 Å². The molecule has 0 spiro atoms. The van der Waals surface area contributed by atoms with E-state index in [9.17, 15) is 9.90 Å². The number of aliphatic hydroxyl groups is 1. The van der Waals surface area contributed by atoms with Crippen molar-refractivity contribution in [2.24, 2.45) is 0 Å². The molecule has 2 N–H and O–H groups in total. The van der Waals surface area contributed by atoms with Gasteiger partial charge >= 0.3 is 0 Å². The zero-order valence-electron chi connectivity index (χ0n) is 9.27. The Kier molecular flexibility index (Phi) is 3.69. The van der Waals surface area contributed by atoms with Gasteiger partial charge in [-0.05, 0) is 18.9 Å². The van der Waals surface area contributed by atoms with E-state index in [0.717, 1.165) is 4.57 Å². The summed E-state index contributed by atoms with van der Waals surface area (Å²) >= 11 is 0. The molecule has 1 aromatic heterocycles. The molecule has 0 saturated carbocycles. The maximum absolute atomic E-state index is 11.7. The van der Waals surface area contributed by atoms with Crippen LogP contribution >= 0.6 is 0 Å². The molecular weight excluding hydrogens is 208 g/mol. The van der Waals surface area contributed by atoms with Crippen LogP contribution in [0.1, 0.15) is 30.5 Å². The number of pyridine rings is 1. The Bertz CT molecular complexity index is 481. The third-order valence-corrected chi connectivity index (χ3v) is 2.58. The van der Waals surface area contributed by atoms with Gasteiger partial charge in [-0.25, -0.2) is 0 Å². The molecule has 0 radical (unpaired) electrons. The average Bonchev–Trinajstić information content (AvgIpc) is 2.24. The Hall–Kier alpha value is -1.80. The van der Waals surface area contributed by atoms with Gasteiger partial charge in [0.05, 0.1) is 12.6 Å². The lowest BCUT2D eigenvalue weighted by molar-refractivity contribution is 0.210. The Labute approximate surface area is 93.2 Å². The number of hydrogen-bond donors (Lipinski definition) is 2. The first-order valence-electron chi connectivity index (χ1n) is 5.02. The van der Waals surface area contributed by atoms with Crippen LogP contribution in [0.3, 0.4) is 0 Å². The molecule has 0 amide bonds. The van der Waals surface area contributed by atoms with E-state index in [1.807, 2.05) is 6.07 Å². The summed E-state index contributed by atoms with van der Waals surface area (Å²) in [5.74, 6) is -0.367. The molecule has 0 bridgehead atoms. The number of aliphatic hydroxyl groups excluding tert-OH is 1. The fraction of sp³-hybridized carbons (Fsp3) is 0.455. The fourth-order valence-electron chi connectivity index (χ4n) is 1.61. The van der Waals surface area contributed by atoms with Crippen molar-refractivity contribution in [1.82, 2.24) is 4.57 Å². The summed E-state index contributed by atoms with van der Waals surface area (Å²) in [4.78, 5) is 11.7. The van der Waals surface area contributed by atoms with Gasteiger partial charge < -0.3 is 10.2 Å². The molecule has 1 aromatic rings. The molecule has 1 rings (SSSR count). The number of hydrogen-bond acceptors (Lipinski definition) is 4. The van der Waals surface area contributed by atoms with Crippen LogP contribution in [-0.4, -0.2) is 21.4 Å². The van der Waals surface area contributed by atoms with Crippen molar-refractivity contribution in [3.8, 4) is 11.9 Å². The Morgan fingerprint density at radius 2 is 2.25 bits per heavy atom. The fourth-order valence-corrected chi connectivity index (χ4v) is 1.61. The molecule has 1 unspecified atom stereocenters. The lowest BCUT2D eigenvalue weighted by Gasteiger charge is -2.18. The maximum Gasteiger partial charge on any atom is 0.253 e. The zero-order chi connectivity index (χ0) is 12.3. The van der Waals surface area contributed by atoms with Gasteiger partial charge in [-0.3, -0.25) is 9.36 Å². The predicted octanol–water partition coefficient (Wildman–Crippen LogP) is 0.677. The third kappa shape index (κ3) is 1.92. The molecule has 0 aliphatic heterocycles. The van der Waals surface area contributed by atoms with E-state index in [-0.39, 0.29) is 18.1 Å². The molecule has 0 aliphatic rings. The lowest BCUT2D eigenvalue weighted by Crippen LogP contribution is -2.27. The number of aryl methyl sites for hydroxylation is 1. The van der Waals surface area contributed by atoms with Crippen molar-refractivity contribution < 1.29 is 10.2 Å². The topological polar surface area (TPSA) is 86.2 Å². The van der Waals surface area contributed by atoms with Gasteiger partial charge in [0.1, 0.15) is 11.6 Å². The average molecular weight is 222 g/mol. The quantitative estimate of drug-likeness (QED) is 0.787. The predicted molar refractivity (Wildman–Crippen MR) is 58.2 cm³/mol. The van der Waals surface area contributed by atoms with Gasteiger partial charge in [0.2, 0.25) is 5.88 Å². The Morgan fingerprint density at radius 3 is 2.69 bits per heavy atom. The van der Waals surface area contributed by atoms with Crippen molar-refractivity contribution in [3.63, 3.8) is 0 Å². The van der Waals surface area contributed by atoms with Crippen LogP contribution in [0.2, 0.25) is 0 Å². The van der Waals surface area contributed by atoms with Crippen molar-refractivity contribution in [1.29, 1.82) is 5.26 Å². The third-order valence-electron chi connectivity index (χ3n) is 2.58. The van der Waals surface area contributed by atoms with E-state index >= 15 is 0 Å². The Balaban J connectivity index is 3.52. The van der Waals surface area contributed by atoms with Crippen molar-refractivity contribution >= 4 is 0 Å². The van der Waals surface area contributed by atoms with E-state index in [1.165, 1.54) is 6.07 Å². The second kappa shape index (κ2) is 4.81. The van der Waals surface area contributed by atoms with Crippen LogP contribution in [0.15, 0.2) is 10.9 Å². The molecule has 16 heavy (non-hydrogen) atoms. The monoisotopic (exact) mass is 222 g/mol. The van der Waals surface area contributed by atoms with E-state index in [0.29, 0.717) is 12.0 Å². The van der Waals surface area contributed by atoms with E-state index in [1.54, 1.807) is 13.8 Å². The molecule has 0 saturated heterocycles. The van der Waals surface area contributed by atoms with Gasteiger partial charge in [-0.15, -0.1) is 0 Å². The lowest BCUT2D eigenvalue weighted by atomic mass is 10.1. The highest BCUT2D eigenvalue weighted by Crippen LogP contribution is 2.22. The molecule has 0 aliphatic carbocycles. The van der Waals surface area contributed by atoms with Gasteiger partial charge in [-0.2, -0.15) is 5.26 Å². The summed E-state index contributed by atoms with van der Waals surface area (Å²) in [6.07, 6.45) is 0.498. The molecule has 5 nitrogen and oxygen atoms in total. The molecule has 0 aromatic carbocycles. The summed E-state index contributed by atoms with van der Waals surface area (Å²) in [5.41, 5.74) is 0.107. The second-order valence-electron chi connectivity index (χ2n) is 3.59. The first kappa shape index (κ1) is 12.3. The second-order valence-corrected chi connectivity index (χ2v) is 3.59. The highest BCUT2D eigenvalue weighted by molar-refractivity contribution is 5.44. The first-order valence-corrected chi connectivity index (χ1v) is 5.02. The SMILES string of the molecule is CCC(CO)n1c(O)c(C#N)c(C)cc1=O. The van der Waals surface area contributed by atoms with Gasteiger partial charge in [0, 0.05) is 6.07 Å². The highest BCUT2D eigenvalue weighted by atomic mass is 16.3. The molecular formula is C11H14N2O3. The van der Waals surface area contributed by atoms with Crippen LogP contribution in [0.25, 0.3) is 0 Å². The standard InChI is InChI=1S/C11H14N2O3/c1-3-8(6-14)13-10(15)4-7(2)9(5-12)11(13)16/h4,8,14,16H,3,6H2,1-2H3. The summed E-state index contributed by atoms with van der Waals surface area (Å²) in [6.45, 7) is 3.13. The maximum atomic E-state index is 11.7. The number of nitrogens with zero attached hydrogens (tertiary/aromatic N) is 2. The van der Waals surface area contributed by atoms with E-state index < -0.39 is 11.6 Å². The minimum absolute atomic E-state index is 0.0755. The molecule has 1 heterocycles. The van der Waals surface area contributed by atoms with Crippen molar-refractivity contribution in [3.05, 3.63) is 27.5 Å². The Morgan fingerprint density at radius 1 is 1.62 bits per heavy atom. The summed E-state index contributed by atoms with van der Waals surface area (Å²) in [5, 5.41) is 27.8. The molecule has 86 valence electrons. The molecule has 5 heteroatoms. The minimum atomic E-state index is -0.500. The van der Waals surface area contributed by atoms with Gasteiger partial charge in [0.15, 0.2) is 0 Å². The molecule has 0 fully saturated rings. The normalized spacial score (nSPS) is 12.1. The van der Waals surface area contributed by atoms with Gasteiger partial charge in [-0.1, -0.05) is 6.92 Å². The smallest absolute Gasteiger partial charge is 0.253 e. The van der Waals surface area contributed by atoms with Crippen LogP contribution in [0.4, 0.5) is 0 Å². The number of nitriles is 1. The summed E-state index contributed by atoms with van der Waals surface area (Å²) in [7, 11) is 0. The largest absolute Gasteiger partial charge is 0.493 e. The van der Waals surface area contributed by atoms with E-state index in [2.05, 4.69) is 0 Å². The summed E-state index contributed by atoms with van der Waals surface area (Å²) < 4.78 is 1.06.